The number of anilines is 1. The van der Waals surface area contributed by atoms with Gasteiger partial charge in [0, 0.05) is 19.3 Å². The van der Waals surface area contributed by atoms with Crippen LogP contribution in [0.15, 0.2) is 69.6 Å². The van der Waals surface area contributed by atoms with Crippen molar-refractivity contribution < 1.29 is 0 Å². The van der Waals surface area contributed by atoms with E-state index in [4.69, 9.17) is 0 Å². The van der Waals surface area contributed by atoms with Crippen LogP contribution in [0.1, 0.15) is 12.6 Å². The van der Waals surface area contributed by atoms with Crippen molar-refractivity contribution >= 4 is 17.1 Å². The molecule has 0 aliphatic carbocycles. The van der Waals surface area contributed by atoms with Gasteiger partial charge < -0.3 is 5.32 Å². The van der Waals surface area contributed by atoms with Gasteiger partial charge in [-0.25, -0.2) is 4.68 Å². The van der Waals surface area contributed by atoms with Crippen molar-refractivity contribution in [1.82, 2.24) is 9.36 Å². The molecular weight excluding hydrogens is 314 g/mol. The SMILES string of the molecule is CCNc1ccc(/N=N/c2c(C)n(C)n(-c3ccccc3)c2=O)cc1. The minimum absolute atomic E-state index is 0.181. The van der Waals surface area contributed by atoms with Crippen molar-refractivity contribution in [1.29, 1.82) is 0 Å². The Balaban J connectivity index is 1.94. The van der Waals surface area contributed by atoms with Crippen molar-refractivity contribution in [3.63, 3.8) is 0 Å². The number of nitrogens with one attached hydrogen (secondary N) is 1. The largest absolute Gasteiger partial charge is 0.385 e. The normalized spacial score (nSPS) is 11.2. The first kappa shape index (κ1) is 16.7. The number of hydrogen-bond acceptors (Lipinski definition) is 4. The number of nitrogens with zero attached hydrogens (tertiary/aromatic N) is 4. The highest BCUT2D eigenvalue weighted by Gasteiger charge is 2.15. The van der Waals surface area contributed by atoms with E-state index in [2.05, 4.69) is 15.5 Å². The number of hydrogen-bond donors (Lipinski definition) is 1. The third-order valence-electron chi connectivity index (χ3n) is 4.04. The van der Waals surface area contributed by atoms with Gasteiger partial charge in [-0.2, -0.15) is 5.11 Å². The van der Waals surface area contributed by atoms with E-state index in [1.54, 1.807) is 9.36 Å². The van der Waals surface area contributed by atoms with Gasteiger partial charge in [0.15, 0.2) is 5.69 Å². The van der Waals surface area contributed by atoms with Gasteiger partial charge >= 0.3 is 0 Å². The maximum atomic E-state index is 12.7. The molecule has 0 amide bonds. The van der Waals surface area contributed by atoms with Crippen LogP contribution in [0.2, 0.25) is 0 Å². The molecule has 0 aliphatic rings. The number of para-hydroxylation sites is 1. The summed E-state index contributed by atoms with van der Waals surface area (Å²) in [7, 11) is 1.84. The van der Waals surface area contributed by atoms with E-state index < -0.39 is 0 Å². The third kappa shape index (κ3) is 3.38. The fraction of sp³-hybridized carbons (Fsp3) is 0.211. The molecule has 0 atom stereocenters. The van der Waals surface area contributed by atoms with Crippen molar-refractivity contribution in [3.8, 4) is 5.69 Å². The summed E-state index contributed by atoms with van der Waals surface area (Å²) in [5.41, 5.74) is 3.47. The van der Waals surface area contributed by atoms with Gasteiger partial charge in [0.2, 0.25) is 0 Å². The Labute approximate surface area is 146 Å². The number of benzene rings is 2. The van der Waals surface area contributed by atoms with Crippen LogP contribution in [-0.4, -0.2) is 15.9 Å². The standard InChI is InChI=1S/C19H21N5O/c1-4-20-15-10-12-16(13-11-15)21-22-18-14(2)23(3)24(19(18)25)17-8-6-5-7-9-17/h5-13,20H,4H2,1-3H3/b22-21+. The van der Waals surface area contributed by atoms with Crippen LogP contribution >= 0.6 is 0 Å². The lowest BCUT2D eigenvalue weighted by molar-refractivity contribution is 0.630. The zero-order valence-corrected chi connectivity index (χ0v) is 14.6. The van der Waals surface area contributed by atoms with Gasteiger partial charge in [-0.1, -0.05) is 18.2 Å². The predicted molar refractivity (Wildman–Crippen MR) is 101 cm³/mol. The fourth-order valence-electron chi connectivity index (χ4n) is 2.63. The van der Waals surface area contributed by atoms with Gasteiger partial charge in [0.25, 0.3) is 5.56 Å². The zero-order chi connectivity index (χ0) is 17.8. The van der Waals surface area contributed by atoms with Crippen LogP contribution in [0.3, 0.4) is 0 Å². The highest BCUT2D eigenvalue weighted by molar-refractivity contribution is 5.51. The molecule has 3 aromatic rings. The molecule has 0 fully saturated rings. The first-order valence-corrected chi connectivity index (χ1v) is 8.21. The molecule has 0 spiro atoms. The highest BCUT2D eigenvalue weighted by atomic mass is 16.1. The Kier molecular flexibility index (Phi) is 4.79. The van der Waals surface area contributed by atoms with Crippen LogP contribution in [-0.2, 0) is 7.05 Å². The van der Waals surface area contributed by atoms with Gasteiger partial charge in [-0.15, -0.1) is 5.11 Å². The van der Waals surface area contributed by atoms with Crippen molar-refractivity contribution in [2.45, 2.75) is 13.8 Å². The van der Waals surface area contributed by atoms with Crippen LogP contribution in [0.25, 0.3) is 5.69 Å². The molecule has 0 saturated carbocycles. The molecular formula is C19H21N5O. The summed E-state index contributed by atoms with van der Waals surface area (Å²) in [6, 6.07) is 17.1. The van der Waals surface area contributed by atoms with E-state index in [0.717, 1.165) is 23.6 Å². The van der Waals surface area contributed by atoms with Crippen LogP contribution < -0.4 is 10.9 Å². The lowest BCUT2D eigenvalue weighted by Crippen LogP contribution is -2.19. The molecule has 25 heavy (non-hydrogen) atoms. The predicted octanol–water partition coefficient (Wildman–Crippen LogP) is 4.33. The quantitative estimate of drug-likeness (QED) is 0.705. The van der Waals surface area contributed by atoms with E-state index in [0.29, 0.717) is 11.4 Å². The first-order chi connectivity index (χ1) is 12.1. The van der Waals surface area contributed by atoms with Gasteiger partial charge in [0.1, 0.15) is 0 Å². The summed E-state index contributed by atoms with van der Waals surface area (Å²) in [6.45, 7) is 4.77. The fourth-order valence-corrected chi connectivity index (χ4v) is 2.63. The summed E-state index contributed by atoms with van der Waals surface area (Å²) in [4.78, 5) is 12.7. The maximum absolute atomic E-state index is 12.7. The molecule has 0 radical (unpaired) electrons. The molecule has 2 aromatic carbocycles. The van der Waals surface area contributed by atoms with E-state index in [1.807, 2.05) is 75.5 Å². The Morgan fingerprint density at radius 3 is 2.32 bits per heavy atom. The number of azo groups is 1. The monoisotopic (exact) mass is 335 g/mol. The summed E-state index contributed by atoms with van der Waals surface area (Å²) in [5, 5.41) is 11.7. The second-order valence-electron chi connectivity index (χ2n) is 5.69. The van der Waals surface area contributed by atoms with Crippen LogP contribution in [0.4, 0.5) is 17.1 Å². The highest BCUT2D eigenvalue weighted by Crippen LogP contribution is 2.21. The average molecular weight is 335 g/mol. The first-order valence-electron chi connectivity index (χ1n) is 8.21. The van der Waals surface area contributed by atoms with Gasteiger partial charge in [-0.05, 0) is 50.2 Å². The summed E-state index contributed by atoms with van der Waals surface area (Å²) in [6.07, 6.45) is 0. The Morgan fingerprint density at radius 1 is 1.00 bits per heavy atom. The third-order valence-corrected chi connectivity index (χ3v) is 4.04. The lowest BCUT2D eigenvalue weighted by Gasteiger charge is -2.07. The van der Waals surface area contributed by atoms with Gasteiger partial charge in [-0.3, -0.25) is 9.48 Å². The minimum atomic E-state index is -0.181. The topological polar surface area (TPSA) is 63.7 Å². The maximum Gasteiger partial charge on any atom is 0.299 e. The zero-order valence-electron chi connectivity index (χ0n) is 14.6. The Morgan fingerprint density at radius 2 is 1.68 bits per heavy atom. The second-order valence-corrected chi connectivity index (χ2v) is 5.69. The lowest BCUT2D eigenvalue weighted by atomic mass is 10.3. The summed E-state index contributed by atoms with van der Waals surface area (Å²) >= 11 is 0. The van der Waals surface area contributed by atoms with E-state index in [9.17, 15) is 4.79 Å². The number of aromatic nitrogens is 2. The molecule has 6 nitrogen and oxygen atoms in total. The van der Waals surface area contributed by atoms with Crippen LogP contribution in [0, 0.1) is 6.92 Å². The Bertz CT molecular complexity index is 936. The van der Waals surface area contributed by atoms with Crippen molar-refractivity contribution in [2.24, 2.45) is 17.3 Å². The van der Waals surface area contributed by atoms with Crippen molar-refractivity contribution in [2.75, 3.05) is 11.9 Å². The molecule has 3 rings (SSSR count). The summed E-state index contributed by atoms with van der Waals surface area (Å²) < 4.78 is 3.39. The molecule has 0 unspecified atom stereocenters. The molecule has 0 saturated heterocycles. The summed E-state index contributed by atoms with van der Waals surface area (Å²) in [5.74, 6) is 0. The van der Waals surface area contributed by atoms with E-state index in [1.165, 1.54) is 0 Å². The minimum Gasteiger partial charge on any atom is -0.385 e. The molecule has 1 heterocycles. The van der Waals surface area contributed by atoms with Gasteiger partial charge in [0.05, 0.1) is 17.1 Å². The van der Waals surface area contributed by atoms with Crippen molar-refractivity contribution in [3.05, 3.63) is 70.6 Å². The number of rotatable bonds is 5. The molecule has 0 aliphatic heterocycles. The molecule has 6 heteroatoms. The molecule has 1 N–H and O–H groups in total. The average Bonchev–Trinajstić information content (AvgIpc) is 2.85. The molecule has 128 valence electrons. The molecule has 0 bridgehead atoms. The van der Waals surface area contributed by atoms with E-state index >= 15 is 0 Å². The van der Waals surface area contributed by atoms with Crippen LogP contribution in [0.5, 0.6) is 0 Å². The Hall–Kier alpha value is -3.15. The smallest absolute Gasteiger partial charge is 0.299 e. The molecule has 1 aromatic heterocycles. The second kappa shape index (κ2) is 7.17. The van der Waals surface area contributed by atoms with E-state index in [-0.39, 0.29) is 5.56 Å².